The second kappa shape index (κ2) is 5.38. The van der Waals surface area contributed by atoms with E-state index in [0.29, 0.717) is 5.75 Å². The summed E-state index contributed by atoms with van der Waals surface area (Å²) < 4.78 is 22.4. The van der Waals surface area contributed by atoms with Crippen molar-refractivity contribution in [3.8, 4) is 0 Å². The van der Waals surface area contributed by atoms with Crippen LogP contribution in [0, 0.1) is 20.8 Å². The molecule has 0 unspecified atom stereocenters. The van der Waals surface area contributed by atoms with Gasteiger partial charge in [-0.15, -0.1) is 23.1 Å². The Morgan fingerprint density at radius 1 is 1.21 bits per heavy atom. The predicted molar refractivity (Wildman–Crippen MR) is 82.1 cm³/mol. The minimum Gasteiger partial charge on any atom is -0.229 e. The summed E-state index contributed by atoms with van der Waals surface area (Å²) in [5.41, 5.74) is 1.20. The van der Waals surface area contributed by atoms with Crippen LogP contribution in [0.1, 0.15) is 16.3 Å². The highest BCUT2D eigenvalue weighted by Crippen LogP contribution is 2.34. The van der Waals surface area contributed by atoms with Gasteiger partial charge in [-0.25, -0.2) is 18.4 Å². The fourth-order valence-corrected chi connectivity index (χ4v) is 5.18. The van der Waals surface area contributed by atoms with Crippen LogP contribution >= 0.6 is 23.1 Å². The highest BCUT2D eigenvalue weighted by Gasteiger charge is 2.14. The van der Waals surface area contributed by atoms with Gasteiger partial charge in [-0.3, -0.25) is 0 Å². The molecule has 2 aromatic rings. The van der Waals surface area contributed by atoms with E-state index in [-0.39, 0.29) is 5.75 Å². The Labute approximate surface area is 121 Å². The predicted octanol–water partition coefficient (Wildman–Crippen LogP) is 2.75. The lowest BCUT2D eigenvalue weighted by Crippen LogP contribution is -2.05. The van der Waals surface area contributed by atoms with Gasteiger partial charge in [-0.1, -0.05) is 0 Å². The van der Waals surface area contributed by atoms with Crippen LogP contribution in [0.2, 0.25) is 0 Å². The Balaban J connectivity index is 2.36. The lowest BCUT2D eigenvalue weighted by atomic mass is 10.2. The number of hydrogen-bond donors (Lipinski definition) is 0. The van der Waals surface area contributed by atoms with Gasteiger partial charge in [0.15, 0.2) is 0 Å². The van der Waals surface area contributed by atoms with E-state index in [1.165, 1.54) is 28.5 Å². The Kier molecular flexibility index (Phi) is 4.17. The SMILES string of the molecule is Cc1nc(SCCS(C)(=O)=O)c2c(C)c(C)sc2n1. The molecule has 0 fully saturated rings. The minimum absolute atomic E-state index is 0.171. The van der Waals surface area contributed by atoms with Crippen LogP contribution in [0.15, 0.2) is 5.03 Å². The molecule has 2 heterocycles. The molecule has 0 spiro atoms. The van der Waals surface area contributed by atoms with Crippen molar-refractivity contribution in [3.05, 3.63) is 16.3 Å². The van der Waals surface area contributed by atoms with Crippen molar-refractivity contribution in [2.75, 3.05) is 17.8 Å². The number of rotatable bonds is 4. The number of sulfone groups is 1. The smallest absolute Gasteiger partial charge is 0.148 e. The fourth-order valence-electron chi connectivity index (χ4n) is 1.71. The Hall–Kier alpha value is -0.660. The Bertz CT molecular complexity index is 720. The van der Waals surface area contributed by atoms with Crippen molar-refractivity contribution in [2.24, 2.45) is 0 Å². The van der Waals surface area contributed by atoms with Gasteiger partial charge in [0, 0.05) is 22.3 Å². The molecular weight excluding hydrogens is 300 g/mol. The normalized spacial score (nSPS) is 12.2. The van der Waals surface area contributed by atoms with Crippen LogP contribution in [0.4, 0.5) is 0 Å². The van der Waals surface area contributed by atoms with E-state index in [4.69, 9.17) is 0 Å². The van der Waals surface area contributed by atoms with Gasteiger partial charge in [0.05, 0.1) is 5.75 Å². The van der Waals surface area contributed by atoms with E-state index in [9.17, 15) is 8.42 Å². The van der Waals surface area contributed by atoms with Crippen molar-refractivity contribution in [1.29, 1.82) is 0 Å². The average Bonchev–Trinajstić information content (AvgIpc) is 2.52. The van der Waals surface area contributed by atoms with Crippen molar-refractivity contribution in [2.45, 2.75) is 25.8 Å². The molecule has 104 valence electrons. The van der Waals surface area contributed by atoms with E-state index >= 15 is 0 Å². The lowest BCUT2D eigenvalue weighted by Gasteiger charge is -2.04. The molecule has 19 heavy (non-hydrogen) atoms. The first-order valence-corrected chi connectivity index (χ1v) is 9.69. The third kappa shape index (κ3) is 3.46. The number of aryl methyl sites for hydroxylation is 3. The van der Waals surface area contributed by atoms with Crippen molar-refractivity contribution < 1.29 is 8.42 Å². The topological polar surface area (TPSA) is 59.9 Å². The molecule has 4 nitrogen and oxygen atoms in total. The largest absolute Gasteiger partial charge is 0.229 e. The fraction of sp³-hybridized carbons (Fsp3) is 0.500. The second-order valence-corrected chi connectivity index (χ2v) is 9.06. The molecule has 0 saturated heterocycles. The molecule has 0 aliphatic carbocycles. The van der Waals surface area contributed by atoms with E-state index in [1.807, 2.05) is 6.92 Å². The van der Waals surface area contributed by atoms with Gasteiger partial charge in [-0.05, 0) is 26.3 Å². The summed E-state index contributed by atoms with van der Waals surface area (Å²) in [6.45, 7) is 6.00. The third-order valence-electron chi connectivity index (χ3n) is 2.80. The highest BCUT2D eigenvalue weighted by molar-refractivity contribution is 8.00. The number of aromatic nitrogens is 2. The number of thioether (sulfide) groups is 1. The summed E-state index contributed by atoms with van der Waals surface area (Å²) in [5, 5.41) is 1.97. The van der Waals surface area contributed by atoms with E-state index in [0.717, 1.165) is 21.1 Å². The van der Waals surface area contributed by atoms with E-state index in [2.05, 4.69) is 23.8 Å². The molecule has 0 amide bonds. The number of nitrogens with zero attached hydrogens (tertiary/aromatic N) is 2. The first kappa shape index (κ1) is 14.7. The molecule has 0 aliphatic rings. The molecule has 2 aromatic heterocycles. The molecule has 7 heteroatoms. The first-order chi connectivity index (χ1) is 8.78. The average molecular weight is 316 g/mol. The molecule has 0 N–H and O–H groups in total. The maximum Gasteiger partial charge on any atom is 0.148 e. The van der Waals surface area contributed by atoms with Gasteiger partial charge in [0.25, 0.3) is 0 Å². The molecular formula is C12H16N2O2S3. The lowest BCUT2D eigenvalue weighted by molar-refractivity contribution is 0.603. The van der Waals surface area contributed by atoms with Crippen LogP contribution in [0.25, 0.3) is 10.2 Å². The summed E-state index contributed by atoms with van der Waals surface area (Å²) >= 11 is 3.16. The standard InChI is InChI=1S/C12H16N2O2S3/c1-7-8(2)18-12-10(7)11(13-9(3)14-12)17-5-6-19(4,15)16/h5-6H2,1-4H3. The maximum absolute atomic E-state index is 11.2. The Morgan fingerprint density at radius 2 is 1.89 bits per heavy atom. The summed E-state index contributed by atoms with van der Waals surface area (Å²) in [7, 11) is -2.92. The van der Waals surface area contributed by atoms with Gasteiger partial charge < -0.3 is 0 Å². The van der Waals surface area contributed by atoms with Crippen LogP contribution in [0.5, 0.6) is 0 Å². The zero-order valence-electron chi connectivity index (χ0n) is 11.3. The zero-order valence-corrected chi connectivity index (χ0v) is 13.8. The molecule has 0 bridgehead atoms. The first-order valence-electron chi connectivity index (χ1n) is 5.83. The number of thiophene rings is 1. The highest BCUT2D eigenvalue weighted by atomic mass is 32.2. The van der Waals surface area contributed by atoms with Crippen LogP contribution in [-0.4, -0.2) is 36.1 Å². The van der Waals surface area contributed by atoms with E-state index in [1.54, 1.807) is 11.3 Å². The van der Waals surface area contributed by atoms with Crippen LogP contribution in [0.3, 0.4) is 0 Å². The van der Waals surface area contributed by atoms with E-state index < -0.39 is 9.84 Å². The quantitative estimate of drug-likeness (QED) is 0.641. The maximum atomic E-state index is 11.2. The minimum atomic E-state index is -2.92. The summed E-state index contributed by atoms with van der Waals surface area (Å²) in [6.07, 6.45) is 1.26. The number of fused-ring (bicyclic) bond motifs is 1. The molecule has 2 rings (SSSR count). The van der Waals surface area contributed by atoms with Crippen LogP contribution < -0.4 is 0 Å². The van der Waals surface area contributed by atoms with Gasteiger partial charge >= 0.3 is 0 Å². The van der Waals surface area contributed by atoms with Crippen molar-refractivity contribution >= 4 is 43.2 Å². The molecule has 0 saturated carbocycles. The molecule has 0 aliphatic heterocycles. The van der Waals surface area contributed by atoms with Crippen molar-refractivity contribution in [3.63, 3.8) is 0 Å². The third-order valence-corrected chi connectivity index (χ3v) is 6.08. The van der Waals surface area contributed by atoms with Gasteiger partial charge in [0.2, 0.25) is 0 Å². The van der Waals surface area contributed by atoms with Crippen LogP contribution in [-0.2, 0) is 9.84 Å². The van der Waals surface area contributed by atoms with Gasteiger partial charge in [0.1, 0.15) is 25.5 Å². The zero-order chi connectivity index (χ0) is 14.2. The molecule has 0 atom stereocenters. The second-order valence-electron chi connectivity index (χ2n) is 4.52. The summed E-state index contributed by atoms with van der Waals surface area (Å²) in [5.74, 6) is 1.43. The summed E-state index contributed by atoms with van der Waals surface area (Å²) in [6, 6.07) is 0. The van der Waals surface area contributed by atoms with Gasteiger partial charge in [-0.2, -0.15) is 0 Å². The number of hydrogen-bond acceptors (Lipinski definition) is 6. The molecule has 0 aromatic carbocycles. The monoisotopic (exact) mass is 316 g/mol. The molecule has 0 radical (unpaired) electrons. The Morgan fingerprint density at radius 3 is 2.53 bits per heavy atom. The van der Waals surface area contributed by atoms with Crippen molar-refractivity contribution in [1.82, 2.24) is 9.97 Å². The summed E-state index contributed by atoms with van der Waals surface area (Å²) in [4.78, 5) is 11.1.